The van der Waals surface area contributed by atoms with Crippen molar-refractivity contribution in [2.75, 3.05) is 0 Å². The molecule has 0 atom stereocenters. The highest BCUT2D eigenvalue weighted by Crippen LogP contribution is 2.42. The molecule has 0 fully saturated rings. The molecular formula is C56H36. The molecule has 11 aromatic rings. The molecule has 260 valence electrons. The van der Waals surface area contributed by atoms with E-state index in [4.69, 9.17) is 0 Å². The van der Waals surface area contributed by atoms with Crippen molar-refractivity contribution in [1.82, 2.24) is 0 Å². The number of hydrogen-bond acceptors (Lipinski definition) is 0. The van der Waals surface area contributed by atoms with Gasteiger partial charge in [0.2, 0.25) is 0 Å². The lowest BCUT2D eigenvalue weighted by Crippen LogP contribution is -1.89. The van der Waals surface area contributed by atoms with Gasteiger partial charge in [0.05, 0.1) is 0 Å². The van der Waals surface area contributed by atoms with Crippen molar-refractivity contribution < 1.29 is 0 Å². The van der Waals surface area contributed by atoms with Gasteiger partial charge >= 0.3 is 0 Å². The zero-order valence-electron chi connectivity index (χ0n) is 30.8. The summed E-state index contributed by atoms with van der Waals surface area (Å²) in [5.41, 5.74) is 12.3. The van der Waals surface area contributed by atoms with Crippen LogP contribution < -0.4 is 0 Å². The second-order valence-corrected chi connectivity index (χ2v) is 14.9. The fourth-order valence-corrected chi connectivity index (χ4v) is 8.82. The minimum atomic E-state index is 1.21. The second kappa shape index (κ2) is 13.2. The molecule has 0 spiro atoms. The van der Waals surface area contributed by atoms with Crippen molar-refractivity contribution in [2.45, 2.75) is 0 Å². The zero-order chi connectivity index (χ0) is 37.0. The van der Waals surface area contributed by atoms with E-state index in [0.717, 1.165) is 0 Å². The SMILES string of the molecule is c1cc(-c2ccc3c(-c4ccc5ccccc5c4)c4cc(-c5cccc(-c6cccc7ccccc67)c5)ccc4cc3c2)cc(-c2cccc3ccccc23)c1. The normalized spacial score (nSPS) is 11.6. The Kier molecular flexibility index (Phi) is 7.60. The quantitative estimate of drug-likeness (QED) is 0.156. The molecule has 0 aliphatic rings. The standard InChI is InChI=1S/C56H36/c1-2-14-40-33-48(28-25-37(40)11-1)56-54-30-29-43(41-17-7-19-45(31-41)52-23-9-15-38-12-3-5-21-50(38)52)34-49(54)35-47-27-26-44(36-55(47)56)42-18-8-20-46(32-42)53-24-10-16-39-13-4-6-22-51(39)53/h1-36H. The number of benzene rings is 11. The summed E-state index contributed by atoms with van der Waals surface area (Å²) >= 11 is 0. The maximum Gasteiger partial charge on any atom is -0.00264 e. The maximum atomic E-state index is 2.41. The van der Waals surface area contributed by atoms with Gasteiger partial charge in [-0.25, -0.2) is 0 Å². The third-order valence-corrected chi connectivity index (χ3v) is 11.6. The van der Waals surface area contributed by atoms with Gasteiger partial charge in [-0.3, -0.25) is 0 Å². The van der Waals surface area contributed by atoms with Crippen LogP contribution in [0.3, 0.4) is 0 Å². The summed E-state index contributed by atoms with van der Waals surface area (Å²) in [5.74, 6) is 0. The molecule has 0 nitrogen and oxygen atoms in total. The summed E-state index contributed by atoms with van der Waals surface area (Å²) in [4.78, 5) is 0. The van der Waals surface area contributed by atoms with Crippen LogP contribution in [0.25, 0.3) is 109 Å². The highest BCUT2D eigenvalue weighted by atomic mass is 14.2. The topological polar surface area (TPSA) is 0 Å². The van der Waals surface area contributed by atoms with Crippen LogP contribution in [0.15, 0.2) is 218 Å². The Morgan fingerprint density at radius 3 is 1.32 bits per heavy atom. The van der Waals surface area contributed by atoms with E-state index < -0.39 is 0 Å². The van der Waals surface area contributed by atoms with Crippen molar-refractivity contribution >= 4 is 53.9 Å². The van der Waals surface area contributed by atoms with E-state index in [1.807, 2.05) is 0 Å². The molecule has 0 aromatic heterocycles. The van der Waals surface area contributed by atoms with E-state index in [1.54, 1.807) is 0 Å². The lowest BCUT2D eigenvalue weighted by atomic mass is 9.87. The first-order valence-electron chi connectivity index (χ1n) is 19.4. The van der Waals surface area contributed by atoms with E-state index in [-0.39, 0.29) is 0 Å². The second-order valence-electron chi connectivity index (χ2n) is 14.9. The van der Waals surface area contributed by atoms with Crippen LogP contribution in [0.1, 0.15) is 0 Å². The molecule has 0 heteroatoms. The molecular weight excluding hydrogens is 673 g/mol. The van der Waals surface area contributed by atoms with Crippen molar-refractivity contribution in [2.24, 2.45) is 0 Å². The first-order valence-corrected chi connectivity index (χ1v) is 19.4. The number of hydrogen-bond donors (Lipinski definition) is 0. The molecule has 0 bridgehead atoms. The van der Waals surface area contributed by atoms with Crippen LogP contribution in [-0.4, -0.2) is 0 Å². The molecule has 0 saturated carbocycles. The average Bonchev–Trinajstić information content (AvgIpc) is 3.27. The third kappa shape index (κ3) is 5.54. The fraction of sp³-hybridized carbons (Fsp3) is 0. The molecule has 0 unspecified atom stereocenters. The minimum absolute atomic E-state index is 1.21. The maximum absolute atomic E-state index is 2.41. The summed E-state index contributed by atoms with van der Waals surface area (Å²) in [5, 5.41) is 12.5. The first-order chi connectivity index (χ1) is 27.7. The summed E-state index contributed by atoms with van der Waals surface area (Å²) in [6.45, 7) is 0. The zero-order valence-corrected chi connectivity index (χ0v) is 30.8. The van der Waals surface area contributed by atoms with E-state index in [0.29, 0.717) is 0 Å². The van der Waals surface area contributed by atoms with Gasteiger partial charge in [0.1, 0.15) is 0 Å². The van der Waals surface area contributed by atoms with Crippen LogP contribution in [0.5, 0.6) is 0 Å². The molecule has 0 amide bonds. The van der Waals surface area contributed by atoms with Crippen LogP contribution in [-0.2, 0) is 0 Å². The van der Waals surface area contributed by atoms with Gasteiger partial charge in [-0.1, -0.05) is 182 Å². The highest BCUT2D eigenvalue weighted by Gasteiger charge is 2.15. The van der Waals surface area contributed by atoms with E-state index in [1.165, 1.54) is 109 Å². The van der Waals surface area contributed by atoms with Gasteiger partial charge in [-0.15, -0.1) is 0 Å². The van der Waals surface area contributed by atoms with Crippen molar-refractivity contribution in [3.63, 3.8) is 0 Å². The Morgan fingerprint density at radius 1 is 0.179 bits per heavy atom. The molecule has 0 heterocycles. The van der Waals surface area contributed by atoms with Crippen molar-refractivity contribution in [3.8, 4) is 55.6 Å². The Bertz CT molecular complexity index is 3300. The Morgan fingerprint density at radius 2 is 0.643 bits per heavy atom. The Labute approximate surface area is 326 Å². The molecule has 0 saturated heterocycles. The summed E-state index contributed by atoms with van der Waals surface area (Å²) in [7, 11) is 0. The molecule has 0 N–H and O–H groups in total. The minimum Gasteiger partial charge on any atom is -0.0616 e. The van der Waals surface area contributed by atoms with Crippen LogP contribution >= 0.6 is 0 Å². The average molecular weight is 709 g/mol. The lowest BCUT2D eigenvalue weighted by molar-refractivity contribution is 1.61. The van der Waals surface area contributed by atoms with Crippen molar-refractivity contribution in [3.05, 3.63) is 218 Å². The summed E-state index contributed by atoms with van der Waals surface area (Å²) in [6, 6.07) is 80.5. The summed E-state index contributed by atoms with van der Waals surface area (Å²) in [6.07, 6.45) is 0. The highest BCUT2D eigenvalue weighted by molar-refractivity contribution is 6.15. The first kappa shape index (κ1) is 32.2. The molecule has 0 aliphatic heterocycles. The number of fused-ring (bicyclic) bond motifs is 5. The van der Waals surface area contributed by atoms with E-state index >= 15 is 0 Å². The third-order valence-electron chi connectivity index (χ3n) is 11.6. The molecule has 11 rings (SSSR count). The van der Waals surface area contributed by atoms with Gasteiger partial charge in [-0.05, 0) is 146 Å². The Balaban J connectivity index is 1.08. The van der Waals surface area contributed by atoms with Gasteiger partial charge < -0.3 is 0 Å². The monoisotopic (exact) mass is 708 g/mol. The molecule has 56 heavy (non-hydrogen) atoms. The molecule has 11 aromatic carbocycles. The van der Waals surface area contributed by atoms with Gasteiger partial charge in [0.25, 0.3) is 0 Å². The van der Waals surface area contributed by atoms with E-state index in [9.17, 15) is 0 Å². The fourth-order valence-electron chi connectivity index (χ4n) is 8.82. The summed E-state index contributed by atoms with van der Waals surface area (Å²) < 4.78 is 0. The smallest absolute Gasteiger partial charge is 0.00264 e. The van der Waals surface area contributed by atoms with Crippen molar-refractivity contribution in [1.29, 1.82) is 0 Å². The van der Waals surface area contributed by atoms with Gasteiger partial charge in [0.15, 0.2) is 0 Å². The van der Waals surface area contributed by atoms with Crippen LogP contribution in [0.2, 0.25) is 0 Å². The molecule has 0 radical (unpaired) electrons. The van der Waals surface area contributed by atoms with Crippen LogP contribution in [0.4, 0.5) is 0 Å². The predicted molar refractivity (Wildman–Crippen MR) is 241 cm³/mol. The largest absolute Gasteiger partial charge is 0.0616 e. The number of rotatable bonds is 5. The van der Waals surface area contributed by atoms with Gasteiger partial charge in [-0.2, -0.15) is 0 Å². The van der Waals surface area contributed by atoms with Gasteiger partial charge in [0, 0.05) is 0 Å². The van der Waals surface area contributed by atoms with E-state index in [2.05, 4.69) is 218 Å². The lowest BCUT2D eigenvalue weighted by Gasteiger charge is -2.16. The molecule has 0 aliphatic carbocycles. The Hall–Kier alpha value is -7.28. The van der Waals surface area contributed by atoms with Crippen LogP contribution in [0, 0.1) is 0 Å². The predicted octanol–water partition coefficient (Wildman–Crippen LogP) is 15.8.